The third-order valence-corrected chi connectivity index (χ3v) is 3.99. The summed E-state index contributed by atoms with van der Waals surface area (Å²) in [5.74, 6) is 0.0930. The molecule has 0 saturated heterocycles. The zero-order chi connectivity index (χ0) is 18.8. The Balaban J connectivity index is 2.41. The third-order valence-electron chi connectivity index (χ3n) is 3.52. The van der Waals surface area contributed by atoms with Crippen molar-refractivity contribution in [3.63, 3.8) is 0 Å². The predicted molar refractivity (Wildman–Crippen MR) is 102 cm³/mol. The average molecular weight is 392 g/mol. The van der Waals surface area contributed by atoms with Crippen molar-refractivity contribution in [2.24, 2.45) is 0 Å². The molecule has 5 nitrogen and oxygen atoms in total. The van der Waals surface area contributed by atoms with E-state index < -0.39 is 6.16 Å². The number of aromatic nitrogens is 1. The number of halogens is 2. The van der Waals surface area contributed by atoms with E-state index in [9.17, 15) is 9.90 Å². The molecule has 2 aromatic carbocycles. The van der Waals surface area contributed by atoms with Gasteiger partial charge in [-0.1, -0.05) is 35.3 Å². The number of nitrogens with zero attached hydrogens (tertiary/aromatic N) is 1. The number of hydrogen-bond acceptors (Lipinski definition) is 4. The molecular formula is C19H15Cl2NO4. The van der Waals surface area contributed by atoms with Crippen LogP contribution in [0.15, 0.2) is 42.5 Å². The molecule has 134 valence electrons. The van der Waals surface area contributed by atoms with Crippen molar-refractivity contribution in [2.75, 3.05) is 0 Å². The average Bonchev–Trinajstić information content (AvgIpc) is 2.54. The first kappa shape index (κ1) is 18.3. The molecule has 0 aliphatic rings. The highest BCUT2D eigenvalue weighted by Crippen LogP contribution is 2.43. The van der Waals surface area contributed by atoms with Gasteiger partial charge in [0.15, 0.2) is 0 Å². The molecule has 0 atom stereocenters. The van der Waals surface area contributed by atoms with Crippen LogP contribution in [0.25, 0.3) is 22.0 Å². The van der Waals surface area contributed by atoms with Crippen molar-refractivity contribution in [1.82, 2.24) is 4.98 Å². The topological polar surface area (TPSA) is 68.7 Å². The van der Waals surface area contributed by atoms with Crippen LogP contribution in [0.2, 0.25) is 10.0 Å². The SMILES string of the molecule is CC(C)Oc1nc2ccc(Cl)cc2c(-c2cccc(Cl)c2)c1OC(=O)O. The molecule has 26 heavy (non-hydrogen) atoms. The molecule has 1 heterocycles. The third kappa shape index (κ3) is 3.84. The van der Waals surface area contributed by atoms with E-state index in [1.165, 1.54) is 0 Å². The summed E-state index contributed by atoms with van der Waals surface area (Å²) in [6, 6.07) is 12.2. The van der Waals surface area contributed by atoms with E-state index in [-0.39, 0.29) is 17.7 Å². The molecule has 0 unspecified atom stereocenters. The van der Waals surface area contributed by atoms with Gasteiger partial charge in [-0.25, -0.2) is 9.78 Å². The fraction of sp³-hybridized carbons (Fsp3) is 0.158. The predicted octanol–water partition coefficient (Wildman–Crippen LogP) is 6.05. The lowest BCUT2D eigenvalue weighted by Gasteiger charge is -2.18. The number of carboxylic acid groups (broad SMARTS) is 1. The molecule has 3 rings (SSSR count). The van der Waals surface area contributed by atoms with Gasteiger partial charge in [0.1, 0.15) is 0 Å². The van der Waals surface area contributed by atoms with Crippen molar-refractivity contribution in [3.05, 3.63) is 52.5 Å². The van der Waals surface area contributed by atoms with Gasteiger partial charge >= 0.3 is 6.16 Å². The number of rotatable bonds is 4. The number of benzene rings is 2. The van der Waals surface area contributed by atoms with E-state index in [1.54, 1.807) is 42.5 Å². The van der Waals surface area contributed by atoms with Crippen molar-refractivity contribution < 1.29 is 19.4 Å². The van der Waals surface area contributed by atoms with Gasteiger partial charge in [0, 0.05) is 21.0 Å². The summed E-state index contributed by atoms with van der Waals surface area (Å²) in [7, 11) is 0. The second-order valence-electron chi connectivity index (χ2n) is 5.83. The second-order valence-corrected chi connectivity index (χ2v) is 6.70. The molecule has 0 amide bonds. The summed E-state index contributed by atoms with van der Waals surface area (Å²) >= 11 is 12.3. The van der Waals surface area contributed by atoms with Gasteiger partial charge in [0.05, 0.1) is 11.6 Å². The molecule has 0 saturated carbocycles. The van der Waals surface area contributed by atoms with Gasteiger partial charge in [-0.05, 0) is 49.7 Å². The first-order chi connectivity index (χ1) is 12.3. The van der Waals surface area contributed by atoms with E-state index >= 15 is 0 Å². The fourth-order valence-corrected chi connectivity index (χ4v) is 2.97. The summed E-state index contributed by atoms with van der Waals surface area (Å²) in [4.78, 5) is 15.7. The molecular weight excluding hydrogens is 377 g/mol. The molecule has 0 radical (unpaired) electrons. The number of carbonyl (C=O) groups is 1. The highest BCUT2D eigenvalue weighted by molar-refractivity contribution is 6.32. The van der Waals surface area contributed by atoms with Gasteiger partial charge in [-0.2, -0.15) is 0 Å². The van der Waals surface area contributed by atoms with Gasteiger partial charge < -0.3 is 14.6 Å². The summed E-state index contributed by atoms with van der Waals surface area (Å²) in [6.45, 7) is 3.63. The fourth-order valence-electron chi connectivity index (χ4n) is 2.61. The highest BCUT2D eigenvalue weighted by Gasteiger charge is 2.23. The maximum Gasteiger partial charge on any atom is 0.511 e. The van der Waals surface area contributed by atoms with Crippen molar-refractivity contribution in [3.8, 4) is 22.8 Å². The molecule has 0 fully saturated rings. The van der Waals surface area contributed by atoms with E-state index in [0.29, 0.717) is 32.1 Å². The number of hydrogen-bond donors (Lipinski definition) is 1. The summed E-state index contributed by atoms with van der Waals surface area (Å²) < 4.78 is 10.8. The normalized spacial score (nSPS) is 11.0. The minimum Gasteiger partial charge on any atom is -0.472 e. The Labute approximate surface area is 160 Å². The maximum absolute atomic E-state index is 11.3. The van der Waals surface area contributed by atoms with Crippen molar-refractivity contribution in [2.45, 2.75) is 20.0 Å². The Kier molecular flexibility index (Phi) is 5.20. The second kappa shape index (κ2) is 7.40. The molecule has 3 aromatic rings. The molecule has 7 heteroatoms. The van der Waals surface area contributed by atoms with Crippen LogP contribution < -0.4 is 9.47 Å². The van der Waals surface area contributed by atoms with Crippen molar-refractivity contribution >= 4 is 40.3 Å². The zero-order valence-electron chi connectivity index (χ0n) is 14.0. The number of pyridine rings is 1. The van der Waals surface area contributed by atoms with E-state index in [4.69, 9.17) is 32.7 Å². The van der Waals surface area contributed by atoms with Crippen LogP contribution in [0.4, 0.5) is 4.79 Å². The molecule has 0 bridgehead atoms. The molecule has 1 N–H and O–H groups in total. The van der Waals surface area contributed by atoms with Gasteiger partial charge in [-0.3, -0.25) is 0 Å². The van der Waals surface area contributed by atoms with E-state index in [0.717, 1.165) is 0 Å². The van der Waals surface area contributed by atoms with Crippen LogP contribution >= 0.6 is 23.2 Å². The summed E-state index contributed by atoms with van der Waals surface area (Å²) in [6.07, 6.45) is -1.69. The Morgan fingerprint density at radius 3 is 2.50 bits per heavy atom. The quantitative estimate of drug-likeness (QED) is 0.547. The molecule has 0 spiro atoms. The van der Waals surface area contributed by atoms with Crippen LogP contribution in [-0.2, 0) is 0 Å². The zero-order valence-corrected chi connectivity index (χ0v) is 15.5. The lowest BCUT2D eigenvalue weighted by molar-refractivity contribution is 0.139. The van der Waals surface area contributed by atoms with Crippen LogP contribution in [0.1, 0.15) is 13.8 Å². The lowest BCUT2D eigenvalue weighted by atomic mass is 10.00. The van der Waals surface area contributed by atoms with Crippen molar-refractivity contribution in [1.29, 1.82) is 0 Å². The monoisotopic (exact) mass is 391 g/mol. The Hall–Kier alpha value is -2.50. The van der Waals surface area contributed by atoms with Crippen LogP contribution in [-0.4, -0.2) is 22.3 Å². The first-order valence-electron chi connectivity index (χ1n) is 7.82. The number of ether oxygens (including phenoxy) is 2. The Bertz CT molecular complexity index is 989. The largest absolute Gasteiger partial charge is 0.511 e. The van der Waals surface area contributed by atoms with Crippen LogP contribution in [0, 0.1) is 0 Å². The van der Waals surface area contributed by atoms with Gasteiger partial charge in [0.2, 0.25) is 5.75 Å². The summed E-state index contributed by atoms with van der Waals surface area (Å²) in [5, 5.41) is 10.8. The maximum atomic E-state index is 11.3. The van der Waals surface area contributed by atoms with Crippen LogP contribution in [0.3, 0.4) is 0 Å². The minimum atomic E-state index is -1.47. The number of fused-ring (bicyclic) bond motifs is 1. The molecule has 1 aromatic heterocycles. The molecule has 0 aliphatic heterocycles. The first-order valence-corrected chi connectivity index (χ1v) is 8.57. The Morgan fingerprint density at radius 1 is 1.12 bits per heavy atom. The lowest BCUT2D eigenvalue weighted by Crippen LogP contribution is -2.12. The van der Waals surface area contributed by atoms with Gasteiger partial charge in [-0.15, -0.1) is 0 Å². The minimum absolute atomic E-state index is 0.00299. The molecule has 0 aliphatic carbocycles. The van der Waals surface area contributed by atoms with E-state index in [1.807, 2.05) is 13.8 Å². The smallest absolute Gasteiger partial charge is 0.472 e. The standard InChI is InChI=1S/C19H15Cl2NO4/c1-10(2)25-18-17(26-19(23)24)16(11-4-3-5-12(20)8-11)14-9-13(21)6-7-15(14)22-18/h3-10H,1-2H3,(H,23,24). The highest BCUT2D eigenvalue weighted by atomic mass is 35.5. The Morgan fingerprint density at radius 2 is 1.85 bits per heavy atom. The van der Waals surface area contributed by atoms with Crippen LogP contribution in [0.5, 0.6) is 11.6 Å². The summed E-state index contributed by atoms with van der Waals surface area (Å²) in [5.41, 5.74) is 1.76. The van der Waals surface area contributed by atoms with Gasteiger partial charge in [0.25, 0.3) is 5.88 Å². The van der Waals surface area contributed by atoms with E-state index in [2.05, 4.69) is 4.98 Å².